The molecule has 4 nitrogen and oxygen atoms in total. The highest BCUT2D eigenvalue weighted by molar-refractivity contribution is 5.08. The summed E-state index contributed by atoms with van der Waals surface area (Å²) in [5.74, 6) is 0. The van der Waals surface area contributed by atoms with Gasteiger partial charge in [0, 0.05) is 19.9 Å². The summed E-state index contributed by atoms with van der Waals surface area (Å²) in [6.45, 7) is 2.37. The van der Waals surface area contributed by atoms with Crippen molar-refractivity contribution >= 4 is 0 Å². The molecule has 1 N–H and O–H groups in total. The van der Waals surface area contributed by atoms with Gasteiger partial charge >= 0.3 is 0 Å². The van der Waals surface area contributed by atoms with E-state index in [1.165, 1.54) is 0 Å². The maximum absolute atomic E-state index is 9.45. The highest BCUT2D eigenvalue weighted by Gasteiger charge is 2.06. The van der Waals surface area contributed by atoms with Gasteiger partial charge in [-0.05, 0) is 25.8 Å². The van der Waals surface area contributed by atoms with Crippen LogP contribution in [-0.4, -0.2) is 34.7 Å². The monoisotopic (exact) mass is 198 g/mol. The van der Waals surface area contributed by atoms with Crippen LogP contribution in [0.3, 0.4) is 0 Å². The molecule has 80 valence electrons. The number of aliphatic hydroxyl groups is 1. The van der Waals surface area contributed by atoms with E-state index in [0.29, 0.717) is 13.0 Å². The summed E-state index contributed by atoms with van der Waals surface area (Å²) in [6.07, 6.45) is 1.17. The van der Waals surface area contributed by atoms with Gasteiger partial charge in [0.05, 0.1) is 18.4 Å². The average molecular weight is 198 g/mol. The molecule has 0 saturated heterocycles. The van der Waals surface area contributed by atoms with Crippen LogP contribution in [0, 0.1) is 6.92 Å². The van der Waals surface area contributed by atoms with E-state index in [9.17, 15) is 5.11 Å². The summed E-state index contributed by atoms with van der Waals surface area (Å²) >= 11 is 0. The largest absolute Gasteiger partial charge is 0.391 e. The minimum Gasteiger partial charge on any atom is -0.391 e. The predicted octanol–water partition coefficient (Wildman–Crippen LogP) is 0.668. The van der Waals surface area contributed by atoms with Crippen molar-refractivity contribution in [2.24, 2.45) is 7.05 Å². The molecule has 1 aromatic heterocycles. The van der Waals surface area contributed by atoms with Crippen LogP contribution in [0.1, 0.15) is 17.8 Å². The molecule has 1 rings (SSSR count). The van der Waals surface area contributed by atoms with Gasteiger partial charge in [0.2, 0.25) is 0 Å². The highest BCUT2D eigenvalue weighted by atomic mass is 16.5. The number of ether oxygens (including phenoxy) is 1. The molecule has 0 bridgehead atoms. The van der Waals surface area contributed by atoms with Gasteiger partial charge in [-0.25, -0.2) is 0 Å². The summed E-state index contributed by atoms with van der Waals surface area (Å²) in [4.78, 5) is 0. The van der Waals surface area contributed by atoms with Crippen LogP contribution in [0.4, 0.5) is 0 Å². The highest BCUT2D eigenvalue weighted by Crippen LogP contribution is 2.06. The van der Waals surface area contributed by atoms with Crippen molar-refractivity contribution in [3.05, 3.63) is 17.5 Å². The van der Waals surface area contributed by atoms with E-state index in [0.717, 1.165) is 17.8 Å². The minimum absolute atomic E-state index is 0.379. The van der Waals surface area contributed by atoms with Gasteiger partial charge in [-0.15, -0.1) is 0 Å². The van der Waals surface area contributed by atoms with Gasteiger partial charge in [-0.3, -0.25) is 4.68 Å². The quantitative estimate of drug-likeness (QED) is 0.756. The molecular formula is C10H18N2O2. The fourth-order valence-corrected chi connectivity index (χ4v) is 1.49. The van der Waals surface area contributed by atoms with Crippen molar-refractivity contribution < 1.29 is 9.84 Å². The van der Waals surface area contributed by atoms with Gasteiger partial charge in [-0.2, -0.15) is 5.10 Å². The van der Waals surface area contributed by atoms with Crippen molar-refractivity contribution in [1.29, 1.82) is 0 Å². The molecule has 0 spiro atoms. The third-order valence-corrected chi connectivity index (χ3v) is 2.19. The maximum Gasteiger partial charge on any atom is 0.0777 e. The molecule has 1 unspecified atom stereocenters. The smallest absolute Gasteiger partial charge is 0.0777 e. The fraction of sp³-hybridized carbons (Fsp3) is 0.700. The van der Waals surface area contributed by atoms with Crippen LogP contribution in [0.25, 0.3) is 0 Å². The van der Waals surface area contributed by atoms with E-state index in [1.54, 1.807) is 7.11 Å². The van der Waals surface area contributed by atoms with Gasteiger partial charge in [0.15, 0.2) is 0 Å². The van der Waals surface area contributed by atoms with E-state index in [4.69, 9.17) is 4.74 Å². The van der Waals surface area contributed by atoms with Gasteiger partial charge in [0.25, 0.3) is 0 Å². The Balaban J connectivity index is 2.41. The van der Waals surface area contributed by atoms with Gasteiger partial charge in [-0.1, -0.05) is 0 Å². The first-order valence-electron chi connectivity index (χ1n) is 4.80. The third-order valence-electron chi connectivity index (χ3n) is 2.19. The molecule has 0 radical (unpaired) electrons. The topological polar surface area (TPSA) is 47.3 Å². The number of methoxy groups -OCH3 is 1. The molecule has 0 amide bonds. The number of aryl methyl sites for hydroxylation is 3. The average Bonchev–Trinajstić information content (AvgIpc) is 2.42. The Kier molecular flexibility index (Phi) is 4.10. The first-order valence-corrected chi connectivity index (χ1v) is 4.80. The third kappa shape index (κ3) is 3.12. The van der Waals surface area contributed by atoms with Crippen molar-refractivity contribution in [3.8, 4) is 0 Å². The summed E-state index contributed by atoms with van der Waals surface area (Å²) < 4.78 is 6.71. The standard InChI is InChI=1S/C10H18N2O2/c1-8-6-9(12(2)11-8)4-5-10(13)7-14-3/h6,10,13H,4-5,7H2,1-3H3. The van der Waals surface area contributed by atoms with E-state index in [2.05, 4.69) is 5.10 Å². The number of nitrogens with zero attached hydrogens (tertiary/aromatic N) is 2. The number of hydrogen-bond acceptors (Lipinski definition) is 3. The second-order valence-electron chi connectivity index (χ2n) is 3.55. The van der Waals surface area contributed by atoms with E-state index in [-0.39, 0.29) is 6.10 Å². The molecule has 14 heavy (non-hydrogen) atoms. The molecule has 1 heterocycles. The summed E-state index contributed by atoms with van der Waals surface area (Å²) in [5, 5.41) is 13.7. The lowest BCUT2D eigenvalue weighted by Crippen LogP contribution is -2.15. The van der Waals surface area contributed by atoms with Crippen molar-refractivity contribution in [3.63, 3.8) is 0 Å². The lowest BCUT2D eigenvalue weighted by molar-refractivity contribution is 0.0592. The van der Waals surface area contributed by atoms with Crippen molar-refractivity contribution in [2.75, 3.05) is 13.7 Å². The van der Waals surface area contributed by atoms with E-state index in [1.807, 2.05) is 24.7 Å². The number of aliphatic hydroxyl groups excluding tert-OH is 1. The molecule has 0 fully saturated rings. The Hall–Kier alpha value is -0.870. The Bertz CT molecular complexity index is 284. The molecule has 0 aliphatic rings. The van der Waals surface area contributed by atoms with Crippen LogP contribution < -0.4 is 0 Å². The summed E-state index contributed by atoms with van der Waals surface area (Å²) in [7, 11) is 3.52. The minimum atomic E-state index is -0.379. The molecular weight excluding hydrogens is 180 g/mol. The second kappa shape index (κ2) is 5.12. The van der Waals surface area contributed by atoms with E-state index >= 15 is 0 Å². The molecule has 0 aliphatic heterocycles. The first-order chi connectivity index (χ1) is 6.63. The molecule has 0 aromatic carbocycles. The van der Waals surface area contributed by atoms with E-state index < -0.39 is 0 Å². The number of aromatic nitrogens is 2. The lowest BCUT2D eigenvalue weighted by Gasteiger charge is -2.08. The predicted molar refractivity (Wildman–Crippen MR) is 54.1 cm³/mol. The van der Waals surface area contributed by atoms with Crippen LogP contribution in [0.5, 0.6) is 0 Å². The molecule has 1 aromatic rings. The van der Waals surface area contributed by atoms with Crippen molar-refractivity contribution in [1.82, 2.24) is 9.78 Å². The van der Waals surface area contributed by atoms with Gasteiger partial charge < -0.3 is 9.84 Å². The van der Waals surface area contributed by atoms with Crippen LogP contribution in [-0.2, 0) is 18.2 Å². The number of rotatable bonds is 5. The molecule has 1 atom stereocenters. The normalized spacial score (nSPS) is 13.1. The summed E-state index contributed by atoms with van der Waals surface area (Å²) in [6, 6.07) is 2.04. The molecule has 0 saturated carbocycles. The summed E-state index contributed by atoms with van der Waals surface area (Å²) in [5.41, 5.74) is 2.17. The number of hydrogen-bond donors (Lipinski definition) is 1. The zero-order chi connectivity index (χ0) is 10.6. The SMILES string of the molecule is COCC(O)CCc1cc(C)nn1C. The molecule has 0 aliphatic carbocycles. The lowest BCUT2D eigenvalue weighted by atomic mass is 10.1. The zero-order valence-electron chi connectivity index (χ0n) is 9.03. The Morgan fingerprint density at radius 1 is 1.64 bits per heavy atom. The van der Waals surface area contributed by atoms with Gasteiger partial charge in [0.1, 0.15) is 0 Å². The van der Waals surface area contributed by atoms with Crippen molar-refractivity contribution in [2.45, 2.75) is 25.9 Å². The first kappa shape index (κ1) is 11.2. The fourth-order valence-electron chi connectivity index (χ4n) is 1.49. The Morgan fingerprint density at radius 2 is 2.36 bits per heavy atom. The molecule has 4 heteroatoms. The van der Waals surface area contributed by atoms with Crippen LogP contribution in [0.15, 0.2) is 6.07 Å². The Labute approximate surface area is 84.5 Å². The second-order valence-corrected chi connectivity index (χ2v) is 3.55. The van der Waals surface area contributed by atoms with Crippen LogP contribution >= 0.6 is 0 Å². The Morgan fingerprint density at radius 3 is 2.86 bits per heavy atom. The van der Waals surface area contributed by atoms with Crippen LogP contribution in [0.2, 0.25) is 0 Å². The maximum atomic E-state index is 9.45. The zero-order valence-corrected chi connectivity index (χ0v) is 9.03.